The summed E-state index contributed by atoms with van der Waals surface area (Å²) in [6.45, 7) is 1.83. The summed E-state index contributed by atoms with van der Waals surface area (Å²) in [6, 6.07) is 0. The monoisotopic (exact) mass is 149 g/mol. The number of esters is 1. The molecular weight excluding hydrogens is 138 g/mol. The summed E-state index contributed by atoms with van der Waals surface area (Å²) in [4.78, 5) is 10.5. The van der Waals surface area contributed by atoms with Crippen LogP contribution in [0.4, 0.5) is 0 Å². The second kappa shape index (κ2) is 5.16. The van der Waals surface area contributed by atoms with E-state index in [2.05, 4.69) is 4.74 Å². The Balaban J connectivity index is 3.22. The Morgan fingerprint density at radius 2 is 2.40 bits per heavy atom. The lowest BCUT2D eigenvalue weighted by Gasteiger charge is -2.10. The minimum Gasteiger partial charge on any atom is -0.600 e. The van der Waals surface area contributed by atoms with Crippen LogP contribution in [0.3, 0.4) is 0 Å². The molecule has 0 aromatic rings. The van der Waals surface area contributed by atoms with E-state index in [0.717, 1.165) is 0 Å². The van der Waals surface area contributed by atoms with E-state index in [1.807, 2.05) is 0 Å². The summed E-state index contributed by atoms with van der Waals surface area (Å²) in [6.07, 6.45) is -0.0385. The van der Waals surface area contributed by atoms with Crippen LogP contribution in [-0.4, -0.2) is 24.3 Å². The molecule has 1 unspecified atom stereocenters. The van der Waals surface area contributed by atoms with Crippen molar-refractivity contribution in [3.05, 3.63) is 5.21 Å². The zero-order valence-corrected chi connectivity index (χ0v) is 5.79. The van der Waals surface area contributed by atoms with Crippen molar-refractivity contribution >= 4 is 5.97 Å². The van der Waals surface area contributed by atoms with Crippen molar-refractivity contribution in [1.29, 1.82) is 0 Å². The van der Waals surface area contributed by atoms with Crippen LogP contribution in [0.15, 0.2) is 0 Å². The van der Waals surface area contributed by atoms with Crippen molar-refractivity contribution in [3.63, 3.8) is 0 Å². The number of rotatable bonds is 4. The smallest absolute Gasteiger partial charge is 0.311 e. The van der Waals surface area contributed by atoms with Crippen LogP contribution in [0.1, 0.15) is 13.3 Å². The van der Waals surface area contributed by atoms with Crippen LogP contribution < -0.4 is 5.23 Å². The molecule has 10 heavy (non-hydrogen) atoms. The highest BCUT2D eigenvalue weighted by Crippen LogP contribution is 1.80. The first-order chi connectivity index (χ1) is 4.66. The number of carbonyl (C=O) groups is 1. The number of quaternary nitrogens is 1. The third kappa shape index (κ3) is 5.49. The van der Waals surface area contributed by atoms with Gasteiger partial charge in [0.05, 0.1) is 13.0 Å². The van der Waals surface area contributed by atoms with Gasteiger partial charge in [-0.2, -0.15) is 0 Å². The second-order valence-electron chi connectivity index (χ2n) is 1.70. The molecule has 0 saturated carbocycles. The molecule has 1 atom stereocenters. The van der Waals surface area contributed by atoms with Gasteiger partial charge in [0.1, 0.15) is 6.54 Å². The van der Waals surface area contributed by atoms with E-state index in [1.54, 1.807) is 6.92 Å². The number of hydrogen-bond donors (Lipinski definition) is 2. The van der Waals surface area contributed by atoms with Crippen LogP contribution in [0, 0.1) is 5.21 Å². The molecule has 0 aromatic carbocycles. The van der Waals surface area contributed by atoms with Crippen molar-refractivity contribution < 1.29 is 20.0 Å². The molecule has 0 bridgehead atoms. The number of ether oxygens (including phenoxy) is 1. The topological polar surface area (TPSA) is 74.0 Å². The molecule has 60 valence electrons. The van der Waals surface area contributed by atoms with Gasteiger partial charge in [0.15, 0.2) is 0 Å². The maximum Gasteiger partial charge on any atom is 0.311 e. The summed E-state index contributed by atoms with van der Waals surface area (Å²) >= 11 is 0. The van der Waals surface area contributed by atoms with Gasteiger partial charge in [-0.05, 0) is 6.92 Å². The van der Waals surface area contributed by atoms with Gasteiger partial charge in [0.25, 0.3) is 0 Å². The lowest BCUT2D eigenvalue weighted by atomic mass is 10.4. The van der Waals surface area contributed by atoms with Crippen molar-refractivity contribution in [2.45, 2.75) is 13.3 Å². The fraction of sp³-hybridized carbons (Fsp3) is 0.800. The van der Waals surface area contributed by atoms with E-state index in [1.165, 1.54) is 0 Å². The van der Waals surface area contributed by atoms with Gasteiger partial charge in [-0.15, -0.1) is 0 Å². The number of hydrogen-bond acceptors (Lipinski definition) is 4. The minimum absolute atomic E-state index is 0.0385. The lowest BCUT2D eigenvalue weighted by Crippen LogP contribution is -3.04. The Kier molecular flexibility index (Phi) is 4.82. The fourth-order valence-electron chi connectivity index (χ4n) is 0.442. The molecule has 0 aliphatic heterocycles. The maximum absolute atomic E-state index is 10.5. The molecule has 0 fully saturated rings. The van der Waals surface area contributed by atoms with Gasteiger partial charge in [0.2, 0.25) is 0 Å². The largest absolute Gasteiger partial charge is 0.600 e. The molecule has 0 heterocycles. The molecule has 0 spiro atoms. The summed E-state index contributed by atoms with van der Waals surface area (Å²) in [7, 11) is 0. The van der Waals surface area contributed by atoms with Crippen LogP contribution in [-0.2, 0) is 9.53 Å². The van der Waals surface area contributed by atoms with Crippen LogP contribution in [0.5, 0.6) is 0 Å². The number of carbonyl (C=O) groups excluding carboxylic acids is 1. The molecule has 0 radical (unpaired) electrons. The molecule has 5 heteroatoms. The number of nitrogens with one attached hydrogen (secondary N) is 1. The molecule has 2 N–H and O–H groups in total. The first kappa shape index (κ1) is 9.35. The van der Waals surface area contributed by atoms with E-state index >= 15 is 0 Å². The van der Waals surface area contributed by atoms with E-state index in [-0.39, 0.29) is 13.0 Å². The minimum atomic E-state index is -0.979. The Hall–Kier alpha value is -0.650. The zero-order valence-electron chi connectivity index (χ0n) is 5.79. The van der Waals surface area contributed by atoms with Crippen LogP contribution in [0.25, 0.3) is 0 Å². The van der Waals surface area contributed by atoms with Crippen molar-refractivity contribution in [2.24, 2.45) is 0 Å². The molecule has 0 aliphatic rings. The summed E-state index contributed by atoms with van der Waals surface area (Å²) in [5.41, 5.74) is 0. The van der Waals surface area contributed by atoms with Gasteiger partial charge in [-0.1, -0.05) is 0 Å². The molecular formula is C5H11NO4. The van der Waals surface area contributed by atoms with Crippen LogP contribution in [0.2, 0.25) is 0 Å². The fourth-order valence-corrected chi connectivity index (χ4v) is 0.442. The third-order valence-corrected chi connectivity index (χ3v) is 0.848. The van der Waals surface area contributed by atoms with Gasteiger partial charge in [0, 0.05) is 0 Å². The predicted octanol–water partition coefficient (Wildman–Crippen LogP) is -1.29. The third-order valence-electron chi connectivity index (χ3n) is 0.848. The average molecular weight is 149 g/mol. The Bertz CT molecular complexity index is 104. The van der Waals surface area contributed by atoms with Gasteiger partial charge >= 0.3 is 5.97 Å². The van der Waals surface area contributed by atoms with Crippen molar-refractivity contribution in [3.8, 4) is 0 Å². The SMILES string of the molecule is CCOC(=O)CC[NH+]([O-])O. The predicted molar refractivity (Wildman–Crippen MR) is 32.2 cm³/mol. The Morgan fingerprint density at radius 3 is 2.80 bits per heavy atom. The summed E-state index contributed by atoms with van der Waals surface area (Å²) in [5, 5.41) is 17.0. The number of hydroxylamine groups is 2. The molecule has 0 aliphatic carbocycles. The molecule has 0 aromatic heterocycles. The van der Waals surface area contributed by atoms with E-state index < -0.39 is 11.2 Å². The highest BCUT2D eigenvalue weighted by Gasteiger charge is 2.02. The van der Waals surface area contributed by atoms with E-state index in [9.17, 15) is 10.0 Å². The Morgan fingerprint density at radius 1 is 1.80 bits per heavy atom. The van der Waals surface area contributed by atoms with E-state index in [0.29, 0.717) is 6.61 Å². The molecule has 5 nitrogen and oxygen atoms in total. The molecule has 0 rings (SSSR count). The van der Waals surface area contributed by atoms with E-state index in [4.69, 9.17) is 5.21 Å². The highest BCUT2D eigenvalue weighted by atomic mass is 16.8. The molecule has 0 amide bonds. The van der Waals surface area contributed by atoms with Crippen molar-refractivity contribution in [2.75, 3.05) is 13.2 Å². The first-order valence-electron chi connectivity index (χ1n) is 3.04. The zero-order chi connectivity index (χ0) is 7.98. The van der Waals surface area contributed by atoms with Gasteiger partial charge in [-0.25, -0.2) is 10.4 Å². The first-order valence-corrected chi connectivity index (χ1v) is 3.04. The lowest BCUT2D eigenvalue weighted by molar-refractivity contribution is -1.05. The van der Waals surface area contributed by atoms with Gasteiger partial charge < -0.3 is 9.94 Å². The van der Waals surface area contributed by atoms with Crippen LogP contribution >= 0.6 is 0 Å². The maximum atomic E-state index is 10.5. The summed E-state index contributed by atoms with van der Waals surface area (Å²) in [5.74, 6) is -0.454. The standard InChI is InChI=1S/C5H11NO4/c1-2-10-5(7)3-4-6(8)9/h6,8H,2-4H2,1H3. The highest BCUT2D eigenvalue weighted by molar-refractivity contribution is 5.69. The average Bonchev–Trinajstić information content (AvgIpc) is 1.85. The normalized spacial score (nSPS) is 12.7. The second-order valence-corrected chi connectivity index (χ2v) is 1.70. The van der Waals surface area contributed by atoms with Gasteiger partial charge in [-0.3, -0.25) is 4.79 Å². The molecule has 0 saturated heterocycles. The Labute approximate surface area is 58.7 Å². The quantitative estimate of drug-likeness (QED) is 0.385. The van der Waals surface area contributed by atoms with Crippen molar-refractivity contribution in [1.82, 2.24) is 0 Å². The summed E-state index contributed by atoms with van der Waals surface area (Å²) < 4.78 is 4.49.